The number of hydrogen-bond acceptors (Lipinski definition) is 6. The lowest BCUT2D eigenvalue weighted by Gasteiger charge is -2.18. The van der Waals surface area contributed by atoms with E-state index in [2.05, 4.69) is 81.5 Å². The highest BCUT2D eigenvalue weighted by Crippen LogP contribution is 2.15. The van der Waals surface area contributed by atoms with Gasteiger partial charge in [0.15, 0.2) is 6.10 Å². The summed E-state index contributed by atoms with van der Waals surface area (Å²) in [5.74, 6) is -0.957. The Morgan fingerprint density at radius 1 is 0.339 bits per heavy atom. The third-order valence-corrected chi connectivity index (χ3v) is 11.3. The van der Waals surface area contributed by atoms with Crippen LogP contribution in [0.5, 0.6) is 0 Å². The van der Waals surface area contributed by atoms with Crippen molar-refractivity contribution >= 4 is 17.9 Å². The highest BCUT2D eigenvalue weighted by molar-refractivity contribution is 5.71. The lowest BCUT2D eigenvalue weighted by molar-refractivity contribution is -0.167. The highest BCUT2D eigenvalue weighted by Gasteiger charge is 2.19. The van der Waals surface area contributed by atoms with Crippen molar-refractivity contribution in [3.05, 3.63) is 60.8 Å². The predicted octanol–water partition coefficient (Wildman–Crippen LogP) is 17.3. The zero-order valence-corrected chi connectivity index (χ0v) is 40.9. The van der Waals surface area contributed by atoms with E-state index in [0.717, 1.165) is 89.9 Å². The third-order valence-electron chi connectivity index (χ3n) is 11.3. The Morgan fingerprint density at radius 3 is 1.05 bits per heavy atom. The van der Waals surface area contributed by atoms with Crippen LogP contribution in [-0.4, -0.2) is 37.2 Å². The van der Waals surface area contributed by atoms with Crippen molar-refractivity contribution in [2.24, 2.45) is 0 Å². The van der Waals surface area contributed by atoms with Gasteiger partial charge in [-0.1, -0.05) is 223 Å². The van der Waals surface area contributed by atoms with Crippen molar-refractivity contribution < 1.29 is 28.6 Å². The average molecular weight is 867 g/mol. The minimum absolute atomic E-state index is 0.0956. The topological polar surface area (TPSA) is 78.9 Å². The summed E-state index contributed by atoms with van der Waals surface area (Å²) >= 11 is 0. The van der Waals surface area contributed by atoms with Crippen molar-refractivity contribution in [1.29, 1.82) is 0 Å². The first-order valence-electron chi connectivity index (χ1n) is 26.3. The summed E-state index contributed by atoms with van der Waals surface area (Å²) in [6.07, 6.45) is 62.1. The van der Waals surface area contributed by atoms with Gasteiger partial charge in [0.05, 0.1) is 0 Å². The Hall–Kier alpha value is -2.89. The summed E-state index contributed by atoms with van der Waals surface area (Å²) < 4.78 is 16.7. The van der Waals surface area contributed by atoms with Crippen molar-refractivity contribution in [3.8, 4) is 0 Å². The molecule has 0 saturated heterocycles. The first-order chi connectivity index (χ1) is 30.5. The Kier molecular flexibility index (Phi) is 48.4. The van der Waals surface area contributed by atoms with Crippen molar-refractivity contribution in [3.63, 3.8) is 0 Å². The summed E-state index contributed by atoms with van der Waals surface area (Å²) in [4.78, 5) is 37.9. The summed E-state index contributed by atoms with van der Waals surface area (Å²) in [6.45, 7) is 6.48. The van der Waals surface area contributed by atoms with E-state index in [1.807, 2.05) is 0 Å². The largest absolute Gasteiger partial charge is 0.462 e. The standard InChI is InChI=1S/C56H98O6/c1-4-7-10-13-16-19-22-25-27-28-30-31-34-37-40-43-46-49-55(58)61-52-53(51-60-54(57)48-45-42-39-36-33-24-21-18-15-12-9-6-3)62-56(59)50-47-44-41-38-35-32-29-26-23-20-17-14-11-8-5-2/h9,12,18,21,25,27,30-31,37,40,53H,4-8,10-11,13-17,19-20,22-24,26,28-29,32-36,38-39,41-52H2,1-3H3/b12-9-,21-18-,27-25-,31-30-,40-37-. The molecule has 0 aromatic heterocycles. The number of allylic oxidation sites excluding steroid dienone is 10. The van der Waals surface area contributed by atoms with E-state index >= 15 is 0 Å². The molecule has 6 heteroatoms. The number of carbonyl (C=O) groups is 3. The zero-order chi connectivity index (χ0) is 45.1. The molecule has 0 spiro atoms. The fourth-order valence-electron chi connectivity index (χ4n) is 7.32. The minimum atomic E-state index is -0.797. The van der Waals surface area contributed by atoms with E-state index in [-0.39, 0.29) is 37.5 Å². The first kappa shape index (κ1) is 59.1. The lowest BCUT2D eigenvalue weighted by Crippen LogP contribution is -2.30. The summed E-state index contributed by atoms with van der Waals surface area (Å²) in [5, 5.41) is 0. The van der Waals surface area contributed by atoms with Gasteiger partial charge < -0.3 is 14.2 Å². The maximum atomic E-state index is 12.8. The van der Waals surface area contributed by atoms with Gasteiger partial charge in [0, 0.05) is 19.3 Å². The molecule has 62 heavy (non-hydrogen) atoms. The molecule has 0 heterocycles. The molecule has 0 N–H and O–H groups in total. The highest BCUT2D eigenvalue weighted by atomic mass is 16.6. The van der Waals surface area contributed by atoms with Crippen molar-refractivity contribution in [2.75, 3.05) is 13.2 Å². The number of esters is 3. The molecule has 6 nitrogen and oxygen atoms in total. The minimum Gasteiger partial charge on any atom is -0.462 e. The van der Waals surface area contributed by atoms with Crippen LogP contribution in [0.25, 0.3) is 0 Å². The van der Waals surface area contributed by atoms with Crippen LogP contribution in [0.15, 0.2) is 60.8 Å². The Balaban J connectivity index is 4.44. The van der Waals surface area contributed by atoms with E-state index in [9.17, 15) is 14.4 Å². The molecule has 1 atom stereocenters. The summed E-state index contributed by atoms with van der Waals surface area (Å²) in [6, 6.07) is 0. The maximum Gasteiger partial charge on any atom is 0.306 e. The van der Waals surface area contributed by atoms with E-state index in [1.165, 1.54) is 122 Å². The molecule has 0 amide bonds. The molecule has 0 saturated carbocycles. The first-order valence-corrected chi connectivity index (χ1v) is 26.3. The smallest absolute Gasteiger partial charge is 0.306 e. The molecule has 0 aromatic carbocycles. The van der Waals surface area contributed by atoms with Crippen LogP contribution in [0.1, 0.15) is 258 Å². The van der Waals surface area contributed by atoms with E-state index < -0.39 is 6.10 Å². The molecule has 0 aliphatic rings. The Bertz CT molecular complexity index is 1130. The molecule has 0 rings (SSSR count). The van der Waals surface area contributed by atoms with Gasteiger partial charge >= 0.3 is 17.9 Å². The molecular formula is C56H98O6. The molecular weight excluding hydrogens is 769 g/mol. The van der Waals surface area contributed by atoms with Crippen LogP contribution in [0.2, 0.25) is 0 Å². The van der Waals surface area contributed by atoms with E-state index in [0.29, 0.717) is 19.3 Å². The van der Waals surface area contributed by atoms with Gasteiger partial charge in [0.2, 0.25) is 0 Å². The number of ether oxygens (including phenoxy) is 3. The fourth-order valence-corrected chi connectivity index (χ4v) is 7.32. The van der Waals surface area contributed by atoms with Crippen LogP contribution in [0.4, 0.5) is 0 Å². The number of unbranched alkanes of at least 4 members (excludes halogenated alkanes) is 26. The van der Waals surface area contributed by atoms with Crippen LogP contribution < -0.4 is 0 Å². The van der Waals surface area contributed by atoms with Crippen molar-refractivity contribution in [2.45, 2.75) is 264 Å². The van der Waals surface area contributed by atoms with Gasteiger partial charge in [-0.2, -0.15) is 0 Å². The lowest BCUT2D eigenvalue weighted by atomic mass is 10.0. The number of rotatable bonds is 47. The number of hydrogen-bond donors (Lipinski definition) is 0. The van der Waals surface area contributed by atoms with Gasteiger partial charge in [0.25, 0.3) is 0 Å². The second-order valence-corrected chi connectivity index (χ2v) is 17.4. The van der Waals surface area contributed by atoms with Gasteiger partial charge in [-0.3, -0.25) is 14.4 Å². The molecule has 0 aliphatic carbocycles. The molecule has 0 aromatic rings. The van der Waals surface area contributed by atoms with Gasteiger partial charge in [-0.25, -0.2) is 0 Å². The molecule has 0 aliphatic heterocycles. The van der Waals surface area contributed by atoms with Crippen LogP contribution in [0, 0.1) is 0 Å². The molecule has 0 bridgehead atoms. The van der Waals surface area contributed by atoms with Gasteiger partial charge in [-0.15, -0.1) is 0 Å². The van der Waals surface area contributed by atoms with Gasteiger partial charge in [-0.05, 0) is 77.0 Å². The number of carbonyl (C=O) groups excluding carboxylic acids is 3. The SMILES string of the molecule is CC/C=C\C/C=C\CCCCCCCC(=O)OCC(COC(=O)CCC/C=C\C/C=C\C/C=C\CCCCCCCC)OC(=O)CCCCCCCCCCCCCCCCC. The second-order valence-electron chi connectivity index (χ2n) is 17.4. The molecule has 1 unspecified atom stereocenters. The molecule has 0 fully saturated rings. The fraction of sp³-hybridized carbons (Fsp3) is 0.768. The predicted molar refractivity (Wildman–Crippen MR) is 265 cm³/mol. The maximum absolute atomic E-state index is 12.8. The average Bonchev–Trinajstić information content (AvgIpc) is 3.27. The van der Waals surface area contributed by atoms with Gasteiger partial charge in [0.1, 0.15) is 13.2 Å². The summed E-state index contributed by atoms with van der Waals surface area (Å²) in [7, 11) is 0. The second kappa shape index (κ2) is 50.8. The third kappa shape index (κ3) is 48.1. The van der Waals surface area contributed by atoms with Crippen LogP contribution >= 0.6 is 0 Å². The van der Waals surface area contributed by atoms with Crippen molar-refractivity contribution in [1.82, 2.24) is 0 Å². The zero-order valence-electron chi connectivity index (χ0n) is 40.9. The Morgan fingerprint density at radius 2 is 0.645 bits per heavy atom. The molecule has 0 radical (unpaired) electrons. The monoisotopic (exact) mass is 867 g/mol. The van der Waals surface area contributed by atoms with Crippen LogP contribution in [0.3, 0.4) is 0 Å². The summed E-state index contributed by atoms with van der Waals surface area (Å²) in [5.41, 5.74) is 0. The van der Waals surface area contributed by atoms with Crippen LogP contribution in [-0.2, 0) is 28.6 Å². The molecule has 358 valence electrons. The van der Waals surface area contributed by atoms with E-state index in [1.54, 1.807) is 0 Å². The van der Waals surface area contributed by atoms with E-state index in [4.69, 9.17) is 14.2 Å². The Labute approximate surface area is 383 Å². The quantitative estimate of drug-likeness (QED) is 0.0262. The normalized spacial score (nSPS) is 12.5.